The highest BCUT2D eigenvalue weighted by Gasteiger charge is 2.28. The second kappa shape index (κ2) is 6.20. The molecule has 0 aliphatic carbocycles. The minimum absolute atomic E-state index is 0.169. The SMILES string of the molecule is Cc1nc(-c2cccc(C(=O)N3CCC[C@H](C(=O)O)C3)c2)no1. The zero-order chi connectivity index (χ0) is 16.4. The minimum Gasteiger partial charge on any atom is -0.481 e. The molecule has 0 spiro atoms. The molecule has 3 rings (SSSR count). The zero-order valence-electron chi connectivity index (χ0n) is 12.7. The van der Waals surface area contributed by atoms with Crippen molar-refractivity contribution in [3.63, 3.8) is 0 Å². The van der Waals surface area contributed by atoms with Crippen molar-refractivity contribution in [1.29, 1.82) is 0 Å². The number of nitrogens with zero attached hydrogens (tertiary/aromatic N) is 3. The molecule has 1 N–H and O–H groups in total. The predicted molar refractivity (Wildman–Crippen MR) is 80.7 cm³/mol. The van der Waals surface area contributed by atoms with E-state index >= 15 is 0 Å². The van der Waals surface area contributed by atoms with E-state index in [9.17, 15) is 9.59 Å². The lowest BCUT2D eigenvalue weighted by Gasteiger charge is -2.30. The Balaban J connectivity index is 1.81. The largest absolute Gasteiger partial charge is 0.481 e. The van der Waals surface area contributed by atoms with Gasteiger partial charge in [-0.15, -0.1) is 0 Å². The maximum absolute atomic E-state index is 12.6. The van der Waals surface area contributed by atoms with Crippen molar-refractivity contribution in [3.8, 4) is 11.4 Å². The molecule has 1 aromatic carbocycles. The van der Waals surface area contributed by atoms with E-state index in [0.717, 1.165) is 0 Å². The summed E-state index contributed by atoms with van der Waals surface area (Å²) in [6, 6.07) is 6.98. The molecule has 7 nitrogen and oxygen atoms in total. The fraction of sp³-hybridized carbons (Fsp3) is 0.375. The summed E-state index contributed by atoms with van der Waals surface area (Å²) in [6.45, 7) is 2.53. The summed E-state index contributed by atoms with van der Waals surface area (Å²) in [7, 11) is 0. The molecule has 0 saturated carbocycles. The van der Waals surface area contributed by atoms with Crippen LogP contribution in [0, 0.1) is 12.8 Å². The fourth-order valence-electron chi connectivity index (χ4n) is 2.75. The van der Waals surface area contributed by atoms with E-state index in [1.165, 1.54) is 0 Å². The molecule has 0 radical (unpaired) electrons. The van der Waals surface area contributed by atoms with Gasteiger partial charge in [-0.1, -0.05) is 17.3 Å². The molecule has 1 aliphatic heterocycles. The maximum Gasteiger partial charge on any atom is 0.308 e. The van der Waals surface area contributed by atoms with E-state index in [1.54, 1.807) is 36.1 Å². The summed E-state index contributed by atoms with van der Waals surface area (Å²) in [6.07, 6.45) is 1.31. The lowest BCUT2D eigenvalue weighted by atomic mass is 9.97. The van der Waals surface area contributed by atoms with Gasteiger partial charge in [0.25, 0.3) is 5.91 Å². The molecule has 1 saturated heterocycles. The van der Waals surface area contributed by atoms with Crippen LogP contribution in [0.1, 0.15) is 29.1 Å². The number of carbonyl (C=O) groups is 2. The number of aryl methyl sites for hydroxylation is 1. The van der Waals surface area contributed by atoms with Crippen LogP contribution in [0.5, 0.6) is 0 Å². The maximum atomic E-state index is 12.6. The molecule has 2 aromatic rings. The van der Waals surface area contributed by atoms with Crippen LogP contribution < -0.4 is 0 Å². The molecule has 120 valence electrons. The Morgan fingerprint density at radius 1 is 1.39 bits per heavy atom. The lowest BCUT2D eigenvalue weighted by molar-refractivity contribution is -0.143. The van der Waals surface area contributed by atoms with Crippen molar-refractivity contribution >= 4 is 11.9 Å². The summed E-state index contributed by atoms with van der Waals surface area (Å²) < 4.78 is 4.95. The number of aliphatic carboxylic acids is 1. The Morgan fingerprint density at radius 2 is 2.22 bits per heavy atom. The first-order chi connectivity index (χ1) is 11.0. The quantitative estimate of drug-likeness (QED) is 0.930. The highest BCUT2D eigenvalue weighted by molar-refractivity contribution is 5.95. The number of aromatic nitrogens is 2. The second-order valence-corrected chi connectivity index (χ2v) is 5.65. The van der Waals surface area contributed by atoms with Gasteiger partial charge in [0, 0.05) is 31.1 Å². The van der Waals surface area contributed by atoms with Crippen LogP contribution in [0.4, 0.5) is 0 Å². The van der Waals surface area contributed by atoms with Gasteiger partial charge in [0.1, 0.15) is 0 Å². The molecular weight excluding hydrogens is 298 g/mol. The molecule has 1 atom stereocenters. The van der Waals surface area contributed by atoms with Crippen molar-refractivity contribution in [3.05, 3.63) is 35.7 Å². The summed E-state index contributed by atoms with van der Waals surface area (Å²) in [5.41, 5.74) is 1.19. The Kier molecular flexibility index (Phi) is 4.10. The molecule has 2 heterocycles. The number of carbonyl (C=O) groups excluding carboxylic acids is 1. The van der Waals surface area contributed by atoms with Gasteiger partial charge in [-0.25, -0.2) is 0 Å². The third kappa shape index (κ3) is 3.23. The molecule has 1 amide bonds. The van der Waals surface area contributed by atoms with Crippen molar-refractivity contribution in [1.82, 2.24) is 15.0 Å². The zero-order valence-corrected chi connectivity index (χ0v) is 12.7. The molecular formula is C16H17N3O4. The Hall–Kier alpha value is -2.70. The predicted octanol–water partition coefficient (Wildman–Crippen LogP) is 1.98. The molecule has 1 fully saturated rings. The van der Waals surface area contributed by atoms with Gasteiger partial charge in [-0.3, -0.25) is 9.59 Å². The van der Waals surface area contributed by atoms with E-state index < -0.39 is 11.9 Å². The Labute approximate surface area is 132 Å². The van der Waals surface area contributed by atoms with Gasteiger partial charge in [0.15, 0.2) is 0 Å². The number of hydrogen-bond acceptors (Lipinski definition) is 5. The van der Waals surface area contributed by atoms with Crippen LogP contribution in [0.3, 0.4) is 0 Å². The summed E-state index contributed by atoms with van der Waals surface area (Å²) in [5.74, 6) is -0.622. The first-order valence-electron chi connectivity index (χ1n) is 7.47. The normalized spacial score (nSPS) is 18.0. The van der Waals surface area contributed by atoms with Crippen LogP contribution in [0.2, 0.25) is 0 Å². The Bertz CT molecular complexity index is 740. The average molecular weight is 315 g/mol. The van der Waals surface area contributed by atoms with Gasteiger partial charge < -0.3 is 14.5 Å². The minimum atomic E-state index is -0.849. The van der Waals surface area contributed by atoms with Gasteiger partial charge in [0.05, 0.1) is 5.92 Å². The van der Waals surface area contributed by atoms with Gasteiger partial charge in [-0.05, 0) is 25.0 Å². The third-order valence-electron chi connectivity index (χ3n) is 3.95. The third-order valence-corrected chi connectivity index (χ3v) is 3.95. The molecule has 7 heteroatoms. The number of piperidine rings is 1. The van der Waals surface area contributed by atoms with Crippen LogP contribution in [0.25, 0.3) is 11.4 Å². The van der Waals surface area contributed by atoms with E-state index in [0.29, 0.717) is 42.2 Å². The van der Waals surface area contributed by atoms with E-state index in [-0.39, 0.29) is 12.5 Å². The smallest absolute Gasteiger partial charge is 0.308 e. The number of hydrogen-bond donors (Lipinski definition) is 1. The monoisotopic (exact) mass is 315 g/mol. The molecule has 23 heavy (non-hydrogen) atoms. The van der Waals surface area contributed by atoms with Gasteiger partial charge >= 0.3 is 5.97 Å². The van der Waals surface area contributed by atoms with E-state index in [4.69, 9.17) is 9.63 Å². The number of carboxylic acid groups (broad SMARTS) is 1. The van der Waals surface area contributed by atoms with E-state index in [2.05, 4.69) is 10.1 Å². The highest BCUT2D eigenvalue weighted by Crippen LogP contribution is 2.21. The average Bonchev–Trinajstić information content (AvgIpc) is 3.01. The number of carboxylic acids is 1. The number of amides is 1. The molecule has 1 aromatic heterocycles. The summed E-state index contributed by atoms with van der Waals surface area (Å²) in [5, 5.41) is 13.0. The fourth-order valence-corrected chi connectivity index (χ4v) is 2.75. The summed E-state index contributed by atoms with van der Waals surface area (Å²) >= 11 is 0. The summed E-state index contributed by atoms with van der Waals surface area (Å²) in [4.78, 5) is 29.5. The number of benzene rings is 1. The molecule has 1 aliphatic rings. The molecule has 0 bridgehead atoms. The lowest BCUT2D eigenvalue weighted by Crippen LogP contribution is -2.42. The topological polar surface area (TPSA) is 96.5 Å². The van der Waals surface area contributed by atoms with Crippen LogP contribution in [-0.2, 0) is 4.79 Å². The van der Waals surface area contributed by atoms with Gasteiger partial charge in [0.2, 0.25) is 11.7 Å². The van der Waals surface area contributed by atoms with Crippen molar-refractivity contribution in [2.45, 2.75) is 19.8 Å². The highest BCUT2D eigenvalue weighted by atomic mass is 16.5. The number of likely N-dealkylation sites (tertiary alicyclic amines) is 1. The van der Waals surface area contributed by atoms with Crippen molar-refractivity contribution in [2.24, 2.45) is 5.92 Å². The Morgan fingerprint density at radius 3 is 2.91 bits per heavy atom. The number of rotatable bonds is 3. The van der Waals surface area contributed by atoms with Crippen molar-refractivity contribution in [2.75, 3.05) is 13.1 Å². The van der Waals surface area contributed by atoms with Crippen LogP contribution >= 0.6 is 0 Å². The standard InChI is InChI=1S/C16H17N3O4/c1-10-17-14(18-23-10)11-4-2-5-12(8-11)15(20)19-7-3-6-13(9-19)16(21)22/h2,4-5,8,13H,3,6-7,9H2,1H3,(H,21,22)/t13-/m0/s1. The van der Waals surface area contributed by atoms with Crippen LogP contribution in [0.15, 0.2) is 28.8 Å². The first kappa shape index (κ1) is 15.2. The van der Waals surface area contributed by atoms with Gasteiger partial charge in [-0.2, -0.15) is 4.98 Å². The van der Waals surface area contributed by atoms with Crippen LogP contribution in [-0.4, -0.2) is 45.1 Å². The van der Waals surface area contributed by atoms with E-state index in [1.807, 2.05) is 0 Å². The van der Waals surface area contributed by atoms with Crippen molar-refractivity contribution < 1.29 is 19.2 Å². The first-order valence-corrected chi connectivity index (χ1v) is 7.47. The second-order valence-electron chi connectivity index (χ2n) is 5.65. The molecule has 0 unspecified atom stereocenters.